The third-order valence-electron chi connectivity index (χ3n) is 7.18. The van der Waals surface area contributed by atoms with Crippen LogP contribution in [-0.2, 0) is 11.3 Å². The van der Waals surface area contributed by atoms with E-state index in [4.69, 9.17) is 0 Å². The van der Waals surface area contributed by atoms with Gasteiger partial charge in [-0.25, -0.2) is 4.39 Å². The lowest BCUT2D eigenvalue weighted by Crippen LogP contribution is -2.62. The van der Waals surface area contributed by atoms with E-state index in [2.05, 4.69) is 0 Å². The fraction of sp³-hybridized carbons (Fsp3) is 0.565. The van der Waals surface area contributed by atoms with Crippen molar-refractivity contribution < 1.29 is 27.5 Å². The Morgan fingerprint density at radius 3 is 2.53 bits per heavy atom. The lowest BCUT2D eigenvalue weighted by Gasteiger charge is -2.52. The number of aliphatic hydroxyl groups is 1. The summed E-state index contributed by atoms with van der Waals surface area (Å²) in [5, 5.41) is 12.5. The highest BCUT2D eigenvalue weighted by Crippen LogP contribution is 2.51. The minimum atomic E-state index is -4.39. The molecule has 1 amide bonds. The predicted molar refractivity (Wildman–Crippen MR) is 111 cm³/mol. The van der Waals surface area contributed by atoms with Crippen molar-refractivity contribution in [3.8, 4) is 0 Å². The van der Waals surface area contributed by atoms with Gasteiger partial charge in [0.1, 0.15) is 5.82 Å². The van der Waals surface area contributed by atoms with Crippen LogP contribution in [0.1, 0.15) is 44.9 Å². The van der Waals surface area contributed by atoms with Gasteiger partial charge in [-0.1, -0.05) is 18.9 Å². The highest BCUT2D eigenvalue weighted by atomic mass is 19.4. The van der Waals surface area contributed by atoms with Gasteiger partial charge in [-0.05, 0) is 42.8 Å². The van der Waals surface area contributed by atoms with Crippen molar-refractivity contribution >= 4 is 16.7 Å². The number of pyridine rings is 1. The molecular weight excluding hydrogens is 428 g/mol. The molecule has 1 aliphatic heterocycles. The van der Waals surface area contributed by atoms with E-state index < -0.39 is 47.3 Å². The summed E-state index contributed by atoms with van der Waals surface area (Å²) in [5.74, 6) is -1.09. The monoisotopic (exact) mass is 454 g/mol. The Balaban J connectivity index is 1.59. The van der Waals surface area contributed by atoms with Crippen molar-refractivity contribution in [2.24, 2.45) is 5.41 Å². The number of halogens is 4. The van der Waals surface area contributed by atoms with Crippen LogP contribution in [0.2, 0.25) is 0 Å². The minimum absolute atomic E-state index is 0.0110. The second-order valence-corrected chi connectivity index (χ2v) is 9.18. The maximum absolute atomic E-state index is 13.7. The molecule has 1 aliphatic carbocycles. The summed E-state index contributed by atoms with van der Waals surface area (Å²) in [5.41, 5.74) is -2.39. The van der Waals surface area contributed by atoms with Crippen molar-refractivity contribution in [2.75, 3.05) is 13.1 Å². The summed E-state index contributed by atoms with van der Waals surface area (Å²) in [6, 6.07) is 5.66. The highest BCUT2D eigenvalue weighted by Gasteiger charge is 2.55. The number of alkyl halides is 3. The Morgan fingerprint density at radius 2 is 1.84 bits per heavy atom. The first-order chi connectivity index (χ1) is 15.0. The maximum Gasteiger partial charge on any atom is 0.389 e. The molecule has 2 aliphatic rings. The number of likely N-dealkylation sites (tertiary alicyclic amines) is 1. The van der Waals surface area contributed by atoms with Crippen LogP contribution >= 0.6 is 0 Å². The second-order valence-electron chi connectivity index (χ2n) is 9.18. The lowest BCUT2D eigenvalue weighted by atomic mass is 9.65. The molecule has 1 saturated heterocycles. The Hall–Kier alpha value is -2.42. The number of benzene rings is 1. The van der Waals surface area contributed by atoms with Crippen molar-refractivity contribution in [3.05, 3.63) is 46.6 Å². The number of carbonyl (C=O) groups excluding carboxylic acids is 1. The van der Waals surface area contributed by atoms with Crippen molar-refractivity contribution in [1.29, 1.82) is 0 Å². The molecule has 4 rings (SSSR count). The van der Waals surface area contributed by atoms with Gasteiger partial charge >= 0.3 is 6.18 Å². The molecule has 174 valence electrons. The second kappa shape index (κ2) is 8.17. The third-order valence-corrected chi connectivity index (χ3v) is 7.18. The highest BCUT2D eigenvalue weighted by molar-refractivity contribution is 5.81. The number of piperidine rings is 1. The Morgan fingerprint density at radius 1 is 1.12 bits per heavy atom. The van der Waals surface area contributed by atoms with E-state index in [0.717, 1.165) is 12.8 Å². The van der Waals surface area contributed by atoms with E-state index in [1.807, 2.05) is 0 Å². The van der Waals surface area contributed by atoms with Gasteiger partial charge in [-0.15, -0.1) is 0 Å². The first-order valence-electron chi connectivity index (χ1n) is 10.9. The largest absolute Gasteiger partial charge is 0.389 e. The van der Waals surface area contributed by atoms with E-state index in [0.29, 0.717) is 18.2 Å². The molecule has 2 fully saturated rings. The average Bonchev–Trinajstić information content (AvgIpc) is 3.20. The summed E-state index contributed by atoms with van der Waals surface area (Å²) in [7, 11) is 0. The van der Waals surface area contributed by atoms with Gasteiger partial charge in [0.25, 0.3) is 5.56 Å². The van der Waals surface area contributed by atoms with Crippen LogP contribution in [0.4, 0.5) is 17.6 Å². The molecule has 1 unspecified atom stereocenters. The van der Waals surface area contributed by atoms with Crippen molar-refractivity contribution in [3.63, 3.8) is 0 Å². The van der Waals surface area contributed by atoms with E-state index in [1.54, 1.807) is 12.3 Å². The van der Waals surface area contributed by atoms with Gasteiger partial charge in [0.2, 0.25) is 5.91 Å². The van der Waals surface area contributed by atoms with Gasteiger partial charge < -0.3 is 14.6 Å². The molecule has 1 N–H and O–H groups in total. The summed E-state index contributed by atoms with van der Waals surface area (Å²) in [6.07, 6.45) is -1.49. The van der Waals surface area contributed by atoms with Crippen LogP contribution in [0.25, 0.3) is 10.8 Å². The van der Waals surface area contributed by atoms with E-state index >= 15 is 0 Å². The third kappa shape index (κ3) is 4.27. The van der Waals surface area contributed by atoms with E-state index in [9.17, 15) is 32.3 Å². The molecule has 2 heterocycles. The maximum atomic E-state index is 13.7. The van der Waals surface area contributed by atoms with Crippen LogP contribution < -0.4 is 5.56 Å². The Bertz CT molecular complexity index is 1080. The van der Waals surface area contributed by atoms with Gasteiger partial charge in [-0.3, -0.25) is 9.59 Å². The zero-order valence-corrected chi connectivity index (χ0v) is 17.6. The summed E-state index contributed by atoms with van der Waals surface area (Å²) < 4.78 is 52.7. The quantitative estimate of drug-likeness (QED) is 0.711. The fourth-order valence-corrected chi connectivity index (χ4v) is 5.38. The number of fused-ring (bicyclic) bond motifs is 1. The Labute approximate surface area is 182 Å². The van der Waals surface area contributed by atoms with E-state index in [-0.39, 0.29) is 31.4 Å². The predicted octanol–water partition coefficient (Wildman–Crippen LogP) is 4.01. The van der Waals surface area contributed by atoms with Gasteiger partial charge in [0.15, 0.2) is 0 Å². The van der Waals surface area contributed by atoms with E-state index in [1.165, 1.54) is 27.7 Å². The molecule has 1 aromatic heterocycles. The minimum Gasteiger partial charge on any atom is -0.387 e. The number of hydrogen-bond donors (Lipinski definition) is 1. The van der Waals surface area contributed by atoms with Gasteiger partial charge in [0.05, 0.1) is 24.0 Å². The van der Waals surface area contributed by atoms with Crippen LogP contribution in [-0.4, -0.2) is 45.3 Å². The number of nitrogens with zero attached hydrogens (tertiary/aromatic N) is 2. The number of hydrogen-bond acceptors (Lipinski definition) is 3. The standard InChI is InChI=1S/C23H26F4N2O3/c24-17-4-3-16-6-11-29(20(31)18(16)13-17)15-22(32)10-12-28(14-21(22)7-1-2-8-21)19(30)5-9-23(25,26)27/h3-4,6,11,13,32H,1-2,5,7-10,12,14-15H2. The molecular formula is C23H26F4N2O3. The number of aromatic nitrogens is 1. The normalized spacial score (nSPS) is 23.2. The first kappa shape index (κ1) is 22.8. The number of carbonyl (C=O) groups is 1. The summed E-state index contributed by atoms with van der Waals surface area (Å²) in [6.45, 7) is 0.298. The van der Waals surface area contributed by atoms with Crippen LogP contribution in [0.5, 0.6) is 0 Å². The van der Waals surface area contributed by atoms with Gasteiger partial charge in [-0.2, -0.15) is 13.2 Å². The molecule has 0 radical (unpaired) electrons. The molecule has 9 heteroatoms. The summed E-state index contributed by atoms with van der Waals surface area (Å²) in [4.78, 5) is 26.8. The van der Waals surface area contributed by atoms with Crippen LogP contribution in [0.3, 0.4) is 0 Å². The SMILES string of the molecule is O=C(CCC(F)(F)F)N1CCC(O)(Cn2ccc3ccc(F)cc3c2=O)C2(CCCC2)C1. The molecule has 1 aromatic carbocycles. The smallest absolute Gasteiger partial charge is 0.387 e. The number of rotatable bonds is 4. The first-order valence-corrected chi connectivity index (χ1v) is 10.9. The van der Waals surface area contributed by atoms with Crippen LogP contribution in [0.15, 0.2) is 35.3 Å². The topological polar surface area (TPSA) is 62.5 Å². The fourth-order valence-electron chi connectivity index (χ4n) is 5.38. The van der Waals surface area contributed by atoms with Gasteiger partial charge in [0, 0.05) is 31.1 Å². The molecule has 1 spiro atoms. The van der Waals surface area contributed by atoms with Crippen LogP contribution in [0, 0.1) is 11.2 Å². The summed E-state index contributed by atoms with van der Waals surface area (Å²) >= 11 is 0. The average molecular weight is 454 g/mol. The molecule has 5 nitrogen and oxygen atoms in total. The van der Waals surface area contributed by atoms with Crippen molar-refractivity contribution in [1.82, 2.24) is 9.47 Å². The molecule has 1 saturated carbocycles. The molecule has 1 atom stereocenters. The molecule has 0 bridgehead atoms. The molecule has 32 heavy (non-hydrogen) atoms. The Kier molecular flexibility index (Phi) is 5.81. The zero-order valence-electron chi connectivity index (χ0n) is 17.6. The van der Waals surface area contributed by atoms with Crippen molar-refractivity contribution in [2.45, 2.75) is 63.3 Å². The number of amides is 1. The lowest BCUT2D eigenvalue weighted by molar-refractivity contribution is -0.166. The molecule has 2 aromatic rings. The zero-order chi connectivity index (χ0) is 23.1.